The Morgan fingerprint density at radius 3 is 2.89 bits per heavy atom. The normalized spacial score (nSPS) is 16.9. The van der Waals surface area contributed by atoms with Gasteiger partial charge in [0.05, 0.1) is 7.11 Å². The molecule has 1 aromatic carbocycles. The minimum absolute atomic E-state index is 0.0284. The Bertz CT molecular complexity index is 878. The van der Waals surface area contributed by atoms with Crippen molar-refractivity contribution in [2.24, 2.45) is 0 Å². The van der Waals surface area contributed by atoms with Crippen LogP contribution in [0.2, 0.25) is 0 Å². The molecule has 1 aliphatic heterocycles. The molecule has 1 unspecified atom stereocenters. The van der Waals surface area contributed by atoms with Crippen molar-refractivity contribution in [3.8, 4) is 5.75 Å². The van der Waals surface area contributed by atoms with E-state index >= 15 is 0 Å². The molecule has 1 fully saturated rings. The van der Waals surface area contributed by atoms with E-state index in [4.69, 9.17) is 4.74 Å². The van der Waals surface area contributed by atoms with Crippen molar-refractivity contribution in [2.75, 3.05) is 25.1 Å². The molecule has 0 radical (unpaired) electrons. The van der Waals surface area contributed by atoms with Crippen LogP contribution in [0, 0.1) is 6.92 Å². The van der Waals surface area contributed by atoms with Gasteiger partial charge in [0.1, 0.15) is 11.6 Å². The Labute approximate surface area is 158 Å². The molecule has 27 heavy (non-hydrogen) atoms. The number of benzene rings is 1. The Morgan fingerprint density at radius 1 is 1.33 bits per heavy atom. The van der Waals surface area contributed by atoms with Crippen LogP contribution in [-0.4, -0.2) is 41.9 Å². The molecule has 0 spiro atoms. The van der Waals surface area contributed by atoms with Gasteiger partial charge in [-0.1, -0.05) is 6.07 Å². The van der Waals surface area contributed by atoms with Crippen molar-refractivity contribution < 1.29 is 9.53 Å². The maximum atomic E-state index is 12.7. The SMILES string of the molecule is CCn1nc(N2CCCC(NC(=O)c3cccc(OC)c3C)C2)ccc1=O. The smallest absolute Gasteiger partial charge is 0.266 e. The van der Waals surface area contributed by atoms with Crippen LogP contribution in [0.1, 0.15) is 35.7 Å². The zero-order valence-electron chi connectivity index (χ0n) is 16.1. The molecule has 1 atom stereocenters. The summed E-state index contributed by atoms with van der Waals surface area (Å²) in [5.74, 6) is 1.39. The topological polar surface area (TPSA) is 76.5 Å². The fourth-order valence-electron chi connectivity index (χ4n) is 3.48. The molecule has 0 bridgehead atoms. The number of nitrogens with one attached hydrogen (secondary N) is 1. The van der Waals surface area contributed by atoms with Gasteiger partial charge in [-0.05, 0) is 44.9 Å². The third-order valence-electron chi connectivity index (χ3n) is 4.98. The number of aromatic nitrogens is 2. The molecule has 1 aromatic heterocycles. The number of aryl methyl sites for hydroxylation is 1. The summed E-state index contributed by atoms with van der Waals surface area (Å²) in [6.45, 7) is 5.85. The molecule has 3 rings (SSSR count). The summed E-state index contributed by atoms with van der Waals surface area (Å²) in [6.07, 6.45) is 1.87. The molecular formula is C20H26N4O3. The standard InChI is InChI=1S/C20H26N4O3/c1-4-24-19(25)11-10-18(22-24)23-12-6-7-15(13-23)21-20(26)16-8-5-9-17(27-3)14(16)2/h5,8-11,15H,4,6-7,12-13H2,1-3H3,(H,21,26). The van der Waals surface area contributed by atoms with Crippen LogP contribution in [0.25, 0.3) is 0 Å². The summed E-state index contributed by atoms with van der Waals surface area (Å²) >= 11 is 0. The second kappa shape index (κ2) is 8.24. The van der Waals surface area contributed by atoms with E-state index in [0.717, 1.165) is 30.8 Å². The average Bonchev–Trinajstić information content (AvgIpc) is 2.68. The van der Waals surface area contributed by atoms with E-state index in [0.29, 0.717) is 24.4 Å². The molecule has 1 amide bonds. The van der Waals surface area contributed by atoms with Crippen molar-refractivity contribution in [3.63, 3.8) is 0 Å². The molecule has 1 aliphatic rings. The molecular weight excluding hydrogens is 344 g/mol. The molecule has 2 aromatic rings. The lowest BCUT2D eigenvalue weighted by Gasteiger charge is -2.34. The van der Waals surface area contributed by atoms with Gasteiger partial charge in [0.15, 0.2) is 0 Å². The first-order chi connectivity index (χ1) is 13.0. The van der Waals surface area contributed by atoms with Crippen LogP contribution in [0.5, 0.6) is 5.75 Å². The Morgan fingerprint density at radius 2 is 2.15 bits per heavy atom. The maximum absolute atomic E-state index is 12.7. The van der Waals surface area contributed by atoms with E-state index in [9.17, 15) is 9.59 Å². The van der Waals surface area contributed by atoms with Gasteiger partial charge in [-0.2, -0.15) is 5.10 Å². The number of hydrogen-bond donors (Lipinski definition) is 1. The van der Waals surface area contributed by atoms with E-state index in [1.165, 1.54) is 4.68 Å². The molecule has 2 heterocycles. The lowest BCUT2D eigenvalue weighted by Crippen LogP contribution is -2.48. The van der Waals surface area contributed by atoms with Crippen LogP contribution in [-0.2, 0) is 6.54 Å². The Balaban J connectivity index is 1.72. The van der Waals surface area contributed by atoms with Gasteiger partial charge in [0.25, 0.3) is 11.5 Å². The summed E-state index contributed by atoms with van der Waals surface area (Å²) in [5.41, 5.74) is 1.36. The van der Waals surface area contributed by atoms with Crippen molar-refractivity contribution in [3.05, 3.63) is 51.8 Å². The minimum Gasteiger partial charge on any atom is -0.496 e. The number of rotatable bonds is 5. The average molecular weight is 370 g/mol. The Hall–Kier alpha value is -2.83. The van der Waals surface area contributed by atoms with Gasteiger partial charge < -0.3 is 15.0 Å². The largest absolute Gasteiger partial charge is 0.496 e. The van der Waals surface area contributed by atoms with Gasteiger partial charge in [-0.15, -0.1) is 0 Å². The fourth-order valence-corrected chi connectivity index (χ4v) is 3.48. The van der Waals surface area contributed by atoms with E-state index < -0.39 is 0 Å². The third kappa shape index (κ3) is 4.13. The number of piperidine rings is 1. The third-order valence-corrected chi connectivity index (χ3v) is 4.98. The van der Waals surface area contributed by atoms with Gasteiger partial charge in [0.2, 0.25) is 0 Å². The predicted molar refractivity (Wildman–Crippen MR) is 105 cm³/mol. The fraction of sp³-hybridized carbons (Fsp3) is 0.450. The van der Waals surface area contributed by atoms with Gasteiger partial charge >= 0.3 is 0 Å². The van der Waals surface area contributed by atoms with Crippen molar-refractivity contribution in [1.82, 2.24) is 15.1 Å². The van der Waals surface area contributed by atoms with Crippen molar-refractivity contribution in [1.29, 1.82) is 0 Å². The highest BCUT2D eigenvalue weighted by molar-refractivity contribution is 5.96. The highest BCUT2D eigenvalue weighted by Gasteiger charge is 2.24. The molecule has 0 aliphatic carbocycles. The summed E-state index contributed by atoms with van der Waals surface area (Å²) in [6, 6.07) is 8.82. The molecule has 0 saturated carbocycles. The monoisotopic (exact) mass is 370 g/mol. The summed E-state index contributed by atoms with van der Waals surface area (Å²) in [4.78, 5) is 26.6. The Kier molecular flexibility index (Phi) is 5.78. The van der Waals surface area contributed by atoms with Gasteiger partial charge in [-0.3, -0.25) is 9.59 Å². The van der Waals surface area contributed by atoms with Crippen molar-refractivity contribution in [2.45, 2.75) is 39.3 Å². The van der Waals surface area contributed by atoms with Crippen LogP contribution < -0.4 is 20.5 Å². The number of amides is 1. The lowest BCUT2D eigenvalue weighted by atomic mass is 10.0. The number of ether oxygens (including phenoxy) is 1. The highest BCUT2D eigenvalue weighted by Crippen LogP contribution is 2.22. The number of carbonyl (C=O) groups excluding carboxylic acids is 1. The zero-order chi connectivity index (χ0) is 19.4. The second-order valence-electron chi connectivity index (χ2n) is 6.74. The van der Waals surface area contributed by atoms with Crippen LogP contribution in [0.4, 0.5) is 5.82 Å². The van der Waals surface area contributed by atoms with E-state index in [-0.39, 0.29) is 17.5 Å². The first-order valence-corrected chi connectivity index (χ1v) is 9.31. The number of carbonyl (C=O) groups is 1. The highest BCUT2D eigenvalue weighted by atomic mass is 16.5. The van der Waals surface area contributed by atoms with E-state index in [1.807, 2.05) is 32.0 Å². The summed E-state index contributed by atoms with van der Waals surface area (Å²) in [5, 5.41) is 7.56. The first-order valence-electron chi connectivity index (χ1n) is 9.31. The number of anilines is 1. The lowest BCUT2D eigenvalue weighted by molar-refractivity contribution is 0.0932. The molecule has 7 heteroatoms. The van der Waals surface area contributed by atoms with Crippen molar-refractivity contribution >= 4 is 11.7 Å². The number of nitrogens with zero attached hydrogens (tertiary/aromatic N) is 3. The molecule has 144 valence electrons. The quantitative estimate of drug-likeness (QED) is 0.871. The van der Waals surface area contributed by atoms with Crippen LogP contribution >= 0.6 is 0 Å². The molecule has 1 N–H and O–H groups in total. The summed E-state index contributed by atoms with van der Waals surface area (Å²) in [7, 11) is 1.60. The maximum Gasteiger partial charge on any atom is 0.266 e. The minimum atomic E-state index is -0.100. The number of methoxy groups -OCH3 is 1. The van der Waals surface area contributed by atoms with E-state index in [1.54, 1.807) is 19.2 Å². The van der Waals surface area contributed by atoms with Crippen LogP contribution in [0.3, 0.4) is 0 Å². The predicted octanol–water partition coefficient (Wildman–Crippen LogP) is 1.98. The second-order valence-corrected chi connectivity index (χ2v) is 6.74. The number of hydrogen-bond acceptors (Lipinski definition) is 5. The van der Waals surface area contributed by atoms with Crippen LogP contribution in [0.15, 0.2) is 35.1 Å². The van der Waals surface area contributed by atoms with Gasteiger partial charge in [-0.25, -0.2) is 4.68 Å². The molecule has 7 nitrogen and oxygen atoms in total. The van der Waals surface area contributed by atoms with E-state index in [2.05, 4.69) is 15.3 Å². The summed E-state index contributed by atoms with van der Waals surface area (Å²) < 4.78 is 6.76. The zero-order valence-corrected chi connectivity index (χ0v) is 16.1. The first kappa shape index (κ1) is 18.9. The van der Waals surface area contributed by atoms with Gasteiger partial charge in [0, 0.05) is 42.9 Å². The molecule has 1 saturated heterocycles.